The van der Waals surface area contributed by atoms with Crippen molar-refractivity contribution in [1.29, 1.82) is 0 Å². The molecule has 1 aromatic rings. The van der Waals surface area contributed by atoms with Crippen LogP contribution in [0.3, 0.4) is 0 Å². The first-order valence-electron chi connectivity index (χ1n) is 10.1. The van der Waals surface area contributed by atoms with Gasteiger partial charge in [0.2, 0.25) is 0 Å². The van der Waals surface area contributed by atoms with Crippen molar-refractivity contribution in [1.82, 2.24) is 4.90 Å². The quantitative estimate of drug-likeness (QED) is 0.739. The van der Waals surface area contributed by atoms with Crippen molar-refractivity contribution >= 4 is 13.2 Å². The lowest BCUT2D eigenvalue weighted by atomic mass is 9.53. The number of piperidine rings is 1. The minimum atomic E-state index is -0.309. The molecule has 1 amide bonds. The number of carbonyl (C=O) groups excluding carboxylic acids is 1. The molecule has 5 nitrogen and oxygen atoms in total. The van der Waals surface area contributed by atoms with Crippen molar-refractivity contribution < 1.29 is 18.8 Å². The molecule has 1 saturated carbocycles. The highest BCUT2D eigenvalue weighted by molar-refractivity contribution is 6.50. The highest BCUT2D eigenvalue weighted by atomic mass is 16.7. The van der Waals surface area contributed by atoms with Crippen LogP contribution in [0.1, 0.15) is 58.9 Å². The van der Waals surface area contributed by atoms with E-state index in [1.54, 1.807) is 0 Å². The average molecular weight is 371 g/mol. The van der Waals surface area contributed by atoms with E-state index in [4.69, 9.17) is 14.0 Å². The van der Waals surface area contributed by atoms with Crippen LogP contribution in [0.15, 0.2) is 30.3 Å². The van der Waals surface area contributed by atoms with Crippen molar-refractivity contribution in [2.45, 2.75) is 82.5 Å². The molecule has 0 N–H and O–H groups in total. The summed E-state index contributed by atoms with van der Waals surface area (Å²) in [5.74, 6) is 0. The summed E-state index contributed by atoms with van der Waals surface area (Å²) in [5.41, 5.74) is 0.396. The number of fused-ring (bicyclic) bond motifs is 2. The molecule has 0 aromatic heterocycles. The van der Waals surface area contributed by atoms with Crippen molar-refractivity contribution in [3.63, 3.8) is 0 Å². The molecule has 0 radical (unpaired) electrons. The topological polar surface area (TPSA) is 48.0 Å². The monoisotopic (exact) mass is 371 g/mol. The van der Waals surface area contributed by atoms with E-state index in [1.807, 2.05) is 35.2 Å². The van der Waals surface area contributed by atoms with E-state index in [0.29, 0.717) is 13.2 Å². The number of amides is 1. The van der Waals surface area contributed by atoms with Gasteiger partial charge < -0.3 is 18.9 Å². The summed E-state index contributed by atoms with van der Waals surface area (Å²) >= 11 is 0. The van der Waals surface area contributed by atoms with Gasteiger partial charge in [-0.2, -0.15) is 0 Å². The Morgan fingerprint density at radius 2 is 1.81 bits per heavy atom. The fourth-order valence-electron chi connectivity index (χ4n) is 4.61. The number of carbonyl (C=O) groups is 1. The highest BCUT2D eigenvalue weighted by Crippen LogP contribution is 2.58. The van der Waals surface area contributed by atoms with Crippen LogP contribution in [-0.2, 0) is 20.7 Å². The number of rotatable bonds is 3. The minimum Gasteiger partial charge on any atom is -0.445 e. The smallest absolute Gasteiger partial charge is 0.445 e. The number of hydrogen-bond donors (Lipinski definition) is 0. The molecule has 2 atom stereocenters. The molecule has 2 saturated heterocycles. The highest BCUT2D eigenvalue weighted by Gasteiger charge is 2.63. The van der Waals surface area contributed by atoms with E-state index >= 15 is 0 Å². The second kappa shape index (κ2) is 6.52. The van der Waals surface area contributed by atoms with Crippen molar-refractivity contribution in [2.24, 2.45) is 0 Å². The summed E-state index contributed by atoms with van der Waals surface area (Å²) in [4.78, 5) is 14.5. The molecule has 2 heterocycles. The van der Waals surface area contributed by atoms with Crippen LogP contribution < -0.4 is 0 Å². The van der Waals surface area contributed by atoms with E-state index in [1.165, 1.54) is 0 Å². The normalized spacial score (nSPS) is 31.2. The average Bonchev–Trinajstić information content (AvgIpc) is 3.08. The summed E-state index contributed by atoms with van der Waals surface area (Å²) in [5, 5.41) is 0.0198. The van der Waals surface area contributed by atoms with Crippen molar-refractivity contribution in [3.8, 4) is 0 Å². The molecule has 146 valence electrons. The Morgan fingerprint density at radius 3 is 2.48 bits per heavy atom. The van der Waals surface area contributed by atoms with Crippen LogP contribution >= 0.6 is 0 Å². The zero-order valence-electron chi connectivity index (χ0n) is 16.9. The molecule has 2 bridgehead atoms. The summed E-state index contributed by atoms with van der Waals surface area (Å²) in [7, 11) is -0.185. The number of ether oxygens (including phenoxy) is 1. The van der Waals surface area contributed by atoms with E-state index in [9.17, 15) is 4.79 Å². The standard InChI is InChI=1S/C21H30BNO4/c1-19(2)20(3,4)27-22(26-19)21-11-10-17(14-21)23(13-12-21)18(24)25-15-16-8-6-5-7-9-16/h5-9,17H,10-15H2,1-4H3. The number of likely N-dealkylation sites (tertiary alicyclic amines) is 1. The number of nitrogens with zero attached hydrogens (tertiary/aromatic N) is 1. The Bertz CT molecular complexity index is 691. The van der Waals surface area contributed by atoms with E-state index in [2.05, 4.69) is 27.7 Å². The predicted molar refractivity (Wildman–Crippen MR) is 104 cm³/mol. The van der Waals surface area contributed by atoms with E-state index in [-0.39, 0.29) is 35.8 Å². The number of hydrogen-bond acceptors (Lipinski definition) is 4. The second-order valence-electron chi connectivity index (χ2n) is 9.33. The van der Waals surface area contributed by atoms with Gasteiger partial charge in [-0.1, -0.05) is 30.3 Å². The first-order valence-corrected chi connectivity index (χ1v) is 10.1. The fraction of sp³-hybridized carbons (Fsp3) is 0.667. The molecule has 6 heteroatoms. The molecular weight excluding hydrogens is 341 g/mol. The van der Waals surface area contributed by atoms with Gasteiger partial charge in [-0.25, -0.2) is 4.79 Å². The maximum absolute atomic E-state index is 12.6. The maximum Gasteiger partial charge on any atom is 0.464 e. The fourth-order valence-corrected chi connectivity index (χ4v) is 4.61. The van der Waals surface area contributed by atoms with Crippen LogP contribution in [-0.4, -0.2) is 41.9 Å². The molecule has 0 spiro atoms. The van der Waals surface area contributed by atoms with Gasteiger partial charge in [0.15, 0.2) is 0 Å². The largest absolute Gasteiger partial charge is 0.464 e. The Hall–Kier alpha value is -1.53. The minimum absolute atomic E-state index is 0.0198. The summed E-state index contributed by atoms with van der Waals surface area (Å²) in [6, 6.07) is 10.1. The first kappa shape index (κ1) is 18.8. The van der Waals surface area contributed by atoms with Crippen LogP contribution in [0.5, 0.6) is 0 Å². The third-order valence-electron chi connectivity index (χ3n) is 7.10. The van der Waals surface area contributed by atoms with Crippen LogP contribution in [0.2, 0.25) is 5.31 Å². The zero-order chi connectivity index (χ0) is 19.3. The molecule has 2 unspecified atom stereocenters. The van der Waals surface area contributed by atoms with Gasteiger partial charge in [-0.3, -0.25) is 0 Å². The molecule has 3 fully saturated rings. The van der Waals surface area contributed by atoms with Crippen LogP contribution in [0.25, 0.3) is 0 Å². The van der Waals surface area contributed by atoms with Gasteiger partial charge in [-0.05, 0) is 58.9 Å². The van der Waals surface area contributed by atoms with E-state index < -0.39 is 0 Å². The molecular formula is C21H30BNO4. The van der Waals surface area contributed by atoms with Gasteiger partial charge in [0, 0.05) is 17.9 Å². The predicted octanol–water partition coefficient (Wildman–Crippen LogP) is 4.41. The van der Waals surface area contributed by atoms with Gasteiger partial charge in [-0.15, -0.1) is 0 Å². The zero-order valence-corrected chi connectivity index (χ0v) is 16.9. The lowest BCUT2D eigenvalue weighted by Gasteiger charge is -2.40. The van der Waals surface area contributed by atoms with Gasteiger partial charge in [0.25, 0.3) is 0 Å². The molecule has 2 aliphatic heterocycles. The van der Waals surface area contributed by atoms with Gasteiger partial charge in [0.05, 0.1) is 11.2 Å². The SMILES string of the molecule is CC1(C)OB(C23CCC(C2)N(C(=O)OCc2ccccc2)CC3)OC1(C)C. The third kappa shape index (κ3) is 3.27. The van der Waals surface area contributed by atoms with Crippen LogP contribution in [0.4, 0.5) is 4.79 Å². The summed E-state index contributed by atoms with van der Waals surface area (Å²) in [6.45, 7) is 9.45. The molecule has 1 aromatic carbocycles. The third-order valence-corrected chi connectivity index (χ3v) is 7.10. The van der Waals surface area contributed by atoms with E-state index in [0.717, 1.165) is 31.2 Å². The number of benzene rings is 1. The first-order chi connectivity index (χ1) is 12.7. The molecule has 3 aliphatic rings. The maximum atomic E-state index is 12.6. The Labute approximate surface area is 162 Å². The van der Waals surface area contributed by atoms with Crippen LogP contribution in [0, 0.1) is 0 Å². The van der Waals surface area contributed by atoms with Crippen molar-refractivity contribution in [2.75, 3.05) is 6.54 Å². The molecule has 4 rings (SSSR count). The molecule has 27 heavy (non-hydrogen) atoms. The lowest BCUT2D eigenvalue weighted by molar-refractivity contribution is 0.00578. The Kier molecular flexibility index (Phi) is 4.55. The summed E-state index contributed by atoms with van der Waals surface area (Å²) < 4.78 is 18.3. The Morgan fingerprint density at radius 1 is 1.15 bits per heavy atom. The Balaban J connectivity index is 1.38. The van der Waals surface area contributed by atoms with Gasteiger partial charge in [0.1, 0.15) is 6.61 Å². The summed E-state index contributed by atoms with van der Waals surface area (Å²) in [6.07, 6.45) is 3.67. The van der Waals surface area contributed by atoms with Gasteiger partial charge >= 0.3 is 13.2 Å². The molecule has 1 aliphatic carbocycles. The van der Waals surface area contributed by atoms with Crippen molar-refractivity contribution in [3.05, 3.63) is 35.9 Å². The second-order valence-corrected chi connectivity index (χ2v) is 9.33. The lowest BCUT2D eigenvalue weighted by Crippen LogP contribution is -2.47.